The Labute approximate surface area is 124 Å². The maximum Gasteiger partial charge on any atom is 0.146 e. The molecule has 1 saturated heterocycles. The second kappa shape index (κ2) is 5.58. The van der Waals surface area contributed by atoms with E-state index < -0.39 is 0 Å². The predicted molar refractivity (Wildman–Crippen MR) is 82.3 cm³/mol. The molecule has 2 aromatic rings. The molecule has 106 valence electrons. The lowest BCUT2D eigenvalue weighted by Crippen LogP contribution is -2.32. The molecular weight excluding hydrogens is 272 g/mol. The van der Waals surface area contributed by atoms with E-state index in [0.29, 0.717) is 10.5 Å². The Kier molecular flexibility index (Phi) is 3.81. The minimum Gasteiger partial charge on any atom is -0.505 e. The molecule has 4 heteroatoms. The van der Waals surface area contributed by atoms with Crippen molar-refractivity contribution in [2.75, 3.05) is 13.1 Å². The summed E-state index contributed by atoms with van der Waals surface area (Å²) in [6.07, 6.45) is 5.44. The van der Waals surface area contributed by atoms with Gasteiger partial charge in [0.05, 0.1) is 5.02 Å². The van der Waals surface area contributed by atoms with Gasteiger partial charge in [0, 0.05) is 23.2 Å². The lowest BCUT2D eigenvalue weighted by Gasteiger charge is -2.33. The fraction of sp³-hybridized carbons (Fsp3) is 0.438. The zero-order valence-electron chi connectivity index (χ0n) is 11.6. The standard InChI is InChI=1S/C16H19ClN2O/c1-11(19-8-3-2-4-9-19)13-10-14(17)12-6-5-7-18-15(12)16(13)20/h5-7,10-11,20H,2-4,8-9H2,1H3. The number of piperidine rings is 1. The molecule has 1 atom stereocenters. The van der Waals surface area contributed by atoms with Crippen LogP contribution in [0.4, 0.5) is 0 Å². The van der Waals surface area contributed by atoms with Crippen molar-refractivity contribution in [3.05, 3.63) is 35.0 Å². The van der Waals surface area contributed by atoms with E-state index in [-0.39, 0.29) is 11.8 Å². The monoisotopic (exact) mass is 290 g/mol. The molecule has 3 nitrogen and oxygen atoms in total. The number of rotatable bonds is 2. The first kappa shape index (κ1) is 13.7. The normalized spacial score (nSPS) is 18.3. The van der Waals surface area contributed by atoms with Crippen LogP contribution in [-0.2, 0) is 0 Å². The number of hydrogen-bond acceptors (Lipinski definition) is 3. The minimum absolute atomic E-state index is 0.166. The highest BCUT2D eigenvalue weighted by atomic mass is 35.5. The molecule has 1 unspecified atom stereocenters. The highest BCUT2D eigenvalue weighted by Gasteiger charge is 2.22. The Bertz CT molecular complexity index is 623. The second-order valence-electron chi connectivity index (χ2n) is 5.47. The summed E-state index contributed by atoms with van der Waals surface area (Å²) >= 11 is 6.35. The number of nitrogens with zero attached hydrogens (tertiary/aromatic N) is 2. The Hall–Kier alpha value is -1.32. The average molecular weight is 291 g/mol. The number of phenolic OH excluding ortho intramolecular Hbond substituents is 1. The first-order valence-electron chi connectivity index (χ1n) is 7.18. The van der Waals surface area contributed by atoms with Gasteiger partial charge in [0.15, 0.2) is 0 Å². The van der Waals surface area contributed by atoms with Gasteiger partial charge >= 0.3 is 0 Å². The van der Waals surface area contributed by atoms with Gasteiger partial charge in [0.2, 0.25) is 0 Å². The number of benzene rings is 1. The minimum atomic E-state index is 0.166. The van der Waals surface area contributed by atoms with Crippen molar-refractivity contribution >= 4 is 22.5 Å². The summed E-state index contributed by atoms with van der Waals surface area (Å²) in [5.41, 5.74) is 1.47. The quantitative estimate of drug-likeness (QED) is 0.903. The molecular formula is C16H19ClN2O. The number of likely N-dealkylation sites (tertiary alicyclic amines) is 1. The van der Waals surface area contributed by atoms with Gasteiger partial charge in [-0.2, -0.15) is 0 Å². The van der Waals surface area contributed by atoms with Crippen molar-refractivity contribution in [1.82, 2.24) is 9.88 Å². The van der Waals surface area contributed by atoms with Gasteiger partial charge < -0.3 is 5.11 Å². The van der Waals surface area contributed by atoms with Crippen LogP contribution >= 0.6 is 11.6 Å². The van der Waals surface area contributed by atoms with Crippen LogP contribution in [0, 0.1) is 0 Å². The van der Waals surface area contributed by atoms with Gasteiger partial charge in [-0.1, -0.05) is 18.0 Å². The van der Waals surface area contributed by atoms with E-state index in [1.54, 1.807) is 6.20 Å². The topological polar surface area (TPSA) is 36.4 Å². The Morgan fingerprint density at radius 1 is 1.30 bits per heavy atom. The van der Waals surface area contributed by atoms with Crippen LogP contribution in [0.2, 0.25) is 5.02 Å². The van der Waals surface area contributed by atoms with Crippen LogP contribution < -0.4 is 0 Å². The molecule has 0 radical (unpaired) electrons. The molecule has 3 rings (SSSR count). The van der Waals surface area contributed by atoms with Gasteiger partial charge in [0.25, 0.3) is 0 Å². The smallest absolute Gasteiger partial charge is 0.146 e. The van der Waals surface area contributed by atoms with Crippen LogP contribution in [0.1, 0.15) is 37.8 Å². The van der Waals surface area contributed by atoms with E-state index in [1.807, 2.05) is 18.2 Å². The molecule has 0 spiro atoms. The second-order valence-corrected chi connectivity index (χ2v) is 5.88. The third kappa shape index (κ3) is 2.36. The zero-order valence-corrected chi connectivity index (χ0v) is 12.4. The molecule has 1 aliphatic heterocycles. The van der Waals surface area contributed by atoms with Crippen molar-refractivity contribution in [2.24, 2.45) is 0 Å². The van der Waals surface area contributed by atoms with Crippen molar-refractivity contribution in [2.45, 2.75) is 32.2 Å². The molecule has 0 aliphatic carbocycles. The van der Waals surface area contributed by atoms with E-state index in [1.165, 1.54) is 19.3 Å². The van der Waals surface area contributed by atoms with Gasteiger partial charge in [-0.15, -0.1) is 0 Å². The van der Waals surface area contributed by atoms with Gasteiger partial charge in [0.1, 0.15) is 11.3 Å². The first-order valence-corrected chi connectivity index (χ1v) is 7.56. The van der Waals surface area contributed by atoms with Gasteiger partial charge in [-0.25, -0.2) is 0 Å². The molecule has 0 saturated carbocycles. The average Bonchev–Trinajstić information content (AvgIpc) is 2.51. The number of hydrogen-bond donors (Lipinski definition) is 1. The van der Waals surface area contributed by atoms with Crippen LogP contribution in [0.25, 0.3) is 10.9 Å². The number of fused-ring (bicyclic) bond motifs is 1. The van der Waals surface area contributed by atoms with Crippen LogP contribution in [0.15, 0.2) is 24.4 Å². The molecule has 0 bridgehead atoms. The van der Waals surface area contributed by atoms with Crippen LogP contribution in [0.3, 0.4) is 0 Å². The van der Waals surface area contributed by atoms with Crippen molar-refractivity contribution in [3.63, 3.8) is 0 Å². The van der Waals surface area contributed by atoms with Gasteiger partial charge in [-0.3, -0.25) is 9.88 Å². The molecule has 1 aromatic heterocycles. The molecule has 1 aliphatic rings. The van der Waals surface area contributed by atoms with Crippen molar-refractivity contribution in [3.8, 4) is 5.75 Å². The van der Waals surface area contributed by atoms with E-state index in [4.69, 9.17) is 11.6 Å². The summed E-state index contributed by atoms with van der Waals surface area (Å²) in [4.78, 5) is 6.68. The lowest BCUT2D eigenvalue weighted by atomic mass is 10.0. The fourth-order valence-corrected chi connectivity index (χ4v) is 3.30. The van der Waals surface area contributed by atoms with E-state index in [0.717, 1.165) is 24.0 Å². The summed E-state index contributed by atoms with van der Waals surface area (Å²) in [6.45, 7) is 4.29. The lowest BCUT2D eigenvalue weighted by molar-refractivity contribution is 0.172. The molecule has 1 N–H and O–H groups in total. The molecule has 1 fully saturated rings. The third-order valence-electron chi connectivity index (χ3n) is 4.23. The Morgan fingerprint density at radius 3 is 2.80 bits per heavy atom. The molecule has 20 heavy (non-hydrogen) atoms. The Balaban J connectivity index is 2.04. The van der Waals surface area contributed by atoms with E-state index in [9.17, 15) is 5.11 Å². The summed E-state index contributed by atoms with van der Waals surface area (Å²) in [5, 5.41) is 12.0. The van der Waals surface area contributed by atoms with Crippen molar-refractivity contribution in [1.29, 1.82) is 0 Å². The molecule has 0 amide bonds. The third-order valence-corrected chi connectivity index (χ3v) is 4.55. The number of aromatic hydroxyl groups is 1. The largest absolute Gasteiger partial charge is 0.505 e. The molecule has 2 heterocycles. The first-order chi connectivity index (χ1) is 9.68. The number of phenols is 1. The van der Waals surface area contributed by atoms with Crippen LogP contribution in [-0.4, -0.2) is 28.1 Å². The zero-order chi connectivity index (χ0) is 14.1. The SMILES string of the molecule is CC(c1cc(Cl)c2cccnc2c1O)N1CCCCC1. The molecule has 1 aromatic carbocycles. The number of pyridine rings is 1. The highest BCUT2D eigenvalue weighted by Crippen LogP contribution is 2.38. The summed E-state index contributed by atoms with van der Waals surface area (Å²) < 4.78 is 0. The van der Waals surface area contributed by atoms with Crippen LogP contribution in [0.5, 0.6) is 5.75 Å². The number of halogens is 1. The number of aromatic nitrogens is 1. The predicted octanol–water partition coefficient (Wildman–Crippen LogP) is 4.14. The fourth-order valence-electron chi connectivity index (χ4n) is 3.03. The Morgan fingerprint density at radius 2 is 2.05 bits per heavy atom. The maximum atomic E-state index is 10.5. The highest BCUT2D eigenvalue weighted by molar-refractivity contribution is 6.35. The maximum absolute atomic E-state index is 10.5. The van der Waals surface area contributed by atoms with E-state index in [2.05, 4.69) is 16.8 Å². The van der Waals surface area contributed by atoms with Crippen molar-refractivity contribution < 1.29 is 5.11 Å². The summed E-state index contributed by atoms with van der Waals surface area (Å²) in [5.74, 6) is 0.267. The van der Waals surface area contributed by atoms with Gasteiger partial charge in [-0.05, 0) is 51.1 Å². The van der Waals surface area contributed by atoms with E-state index >= 15 is 0 Å². The summed E-state index contributed by atoms with van der Waals surface area (Å²) in [6, 6.07) is 5.78. The summed E-state index contributed by atoms with van der Waals surface area (Å²) in [7, 11) is 0.